The fourth-order valence-corrected chi connectivity index (χ4v) is 4.65. The van der Waals surface area contributed by atoms with E-state index in [4.69, 9.17) is 0 Å². The van der Waals surface area contributed by atoms with Gasteiger partial charge in [-0.3, -0.25) is 9.59 Å². The molecule has 0 saturated heterocycles. The van der Waals surface area contributed by atoms with E-state index in [1.165, 1.54) is 35.6 Å². The first-order valence-electron chi connectivity index (χ1n) is 11.6. The molecule has 0 atom stereocenters. The van der Waals surface area contributed by atoms with Crippen molar-refractivity contribution in [3.05, 3.63) is 122 Å². The van der Waals surface area contributed by atoms with Gasteiger partial charge in [0.25, 0.3) is 11.8 Å². The number of thiazole rings is 1. The maximum atomic E-state index is 13.1. The molecule has 1 N–H and O–H groups in total. The molecule has 196 valence electrons. The van der Waals surface area contributed by atoms with Gasteiger partial charge in [0.2, 0.25) is 0 Å². The van der Waals surface area contributed by atoms with Gasteiger partial charge in [-0.15, -0.1) is 11.3 Å². The lowest BCUT2D eigenvalue weighted by Crippen LogP contribution is -2.23. The second kappa shape index (κ2) is 11.1. The highest BCUT2D eigenvalue weighted by Crippen LogP contribution is 2.29. The average Bonchev–Trinajstić information content (AvgIpc) is 3.15. The minimum absolute atomic E-state index is 0.147. The van der Waals surface area contributed by atoms with Crippen LogP contribution >= 0.6 is 11.3 Å². The van der Waals surface area contributed by atoms with Crippen LogP contribution in [0.1, 0.15) is 48.0 Å². The molecule has 4 aromatic rings. The lowest BCUT2D eigenvalue weighted by molar-refractivity contribution is -0.137. The number of carbonyl (C=O) groups is 2. The van der Waals surface area contributed by atoms with Gasteiger partial charge in [0.05, 0.1) is 12.1 Å². The number of nitrogens with zero attached hydrogens (tertiary/aromatic N) is 2. The molecule has 38 heavy (non-hydrogen) atoms. The summed E-state index contributed by atoms with van der Waals surface area (Å²) in [7, 11) is 0. The van der Waals surface area contributed by atoms with Gasteiger partial charge in [-0.05, 0) is 67.4 Å². The monoisotopic (exact) mass is 541 g/mol. The van der Waals surface area contributed by atoms with E-state index in [1.54, 1.807) is 36.4 Å². The van der Waals surface area contributed by atoms with Gasteiger partial charge in [-0.1, -0.05) is 30.3 Å². The zero-order valence-corrected chi connectivity index (χ0v) is 21.3. The molecule has 0 aliphatic carbocycles. The largest absolute Gasteiger partial charge is 0.416 e. The highest BCUT2D eigenvalue weighted by molar-refractivity contribution is 7.09. The van der Waals surface area contributed by atoms with Crippen LogP contribution in [0.3, 0.4) is 0 Å². The average molecular weight is 542 g/mol. The van der Waals surface area contributed by atoms with Crippen molar-refractivity contribution >= 4 is 23.2 Å². The van der Waals surface area contributed by atoms with Gasteiger partial charge in [0.15, 0.2) is 4.80 Å². The highest BCUT2D eigenvalue weighted by Gasteiger charge is 2.30. The maximum Gasteiger partial charge on any atom is 0.416 e. The summed E-state index contributed by atoms with van der Waals surface area (Å²) in [5.74, 6) is -1.39. The molecule has 0 saturated carbocycles. The number of hydrogen-bond donors (Lipinski definition) is 1. The third kappa shape index (κ3) is 6.44. The number of alkyl halides is 3. The molecule has 0 radical (unpaired) electrons. The molecular weight excluding hydrogens is 518 g/mol. The number of aromatic nitrogens is 1. The second-order valence-corrected chi connectivity index (χ2v) is 9.80. The van der Waals surface area contributed by atoms with Crippen molar-refractivity contribution in [2.24, 2.45) is 4.99 Å². The van der Waals surface area contributed by atoms with Crippen LogP contribution in [0.15, 0.2) is 77.8 Å². The van der Waals surface area contributed by atoms with Crippen LogP contribution in [0.5, 0.6) is 0 Å². The summed E-state index contributed by atoms with van der Waals surface area (Å²) in [5.41, 5.74) is 1.87. The lowest BCUT2D eigenvalue weighted by atomic mass is 10.1. The van der Waals surface area contributed by atoms with Crippen LogP contribution in [0, 0.1) is 19.7 Å². The molecule has 0 spiro atoms. The maximum absolute atomic E-state index is 13.1. The standard InChI is InChI=1S/C28H23F4N3O2S/c1-17-18(2)38-27(34-26(37)22-4-3-5-23(14-22)28(30,31)32)35(17)16-20-6-10-21(11-7-20)25(36)33-15-19-8-12-24(29)13-9-19/h3-14H,15-16H2,1-2H3,(H,33,36). The molecule has 2 amide bonds. The van der Waals surface area contributed by atoms with Crippen molar-refractivity contribution in [1.29, 1.82) is 0 Å². The minimum atomic E-state index is -4.56. The number of aryl methyl sites for hydroxylation is 1. The van der Waals surface area contributed by atoms with Gasteiger partial charge in [-0.2, -0.15) is 18.2 Å². The topological polar surface area (TPSA) is 63.5 Å². The van der Waals surface area contributed by atoms with Crippen LogP contribution in [-0.4, -0.2) is 16.4 Å². The van der Waals surface area contributed by atoms with Gasteiger partial charge < -0.3 is 9.88 Å². The molecule has 0 aliphatic rings. The Morgan fingerprint density at radius 2 is 1.58 bits per heavy atom. The summed E-state index contributed by atoms with van der Waals surface area (Å²) >= 11 is 1.27. The van der Waals surface area contributed by atoms with Crippen LogP contribution in [0.25, 0.3) is 0 Å². The Morgan fingerprint density at radius 1 is 0.921 bits per heavy atom. The Balaban J connectivity index is 1.50. The number of halogens is 4. The lowest BCUT2D eigenvalue weighted by Gasteiger charge is -2.09. The normalized spacial score (nSPS) is 12.0. The third-order valence-corrected chi connectivity index (χ3v) is 7.04. The van der Waals surface area contributed by atoms with E-state index in [1.807, 2.05) is 18.4 Å². The Hall–Kier alpha value is -4.05. The molecule has 1 heterocycles. The van der Waals surface area contributed by atoms with E-state index in [2.05, 4.69) is 10.3 Å². The number of nitrogens with one attached hydrogen (secondary N) is 1. The van der Waals surface area contributed by atoms with Gasteiger partial charge >= 0.3 is 6.18 Å². The number of amides is 2. The first kappa shape index (κ1) is 27.0. The van der Waals surface area contributed by atoms with E-state index in [-0.39, 0.29) is 23.8 Å². The van der Waals surface area contributed by atoms with Crippen LogP contribution in [0.2, 0.25) is 0 Å². The molecule has 0 unspecified atom stereocenters. The van der Waals surface area contributed by atoms with E-state index in [0.29, 0.717) is 16.9 Å². The van der Waals surface area contributed by atoms with Gasteiger partial charge in [0.1, 0.15) is 5.82 Å². The Morgan fingerprint density at radius 3 is 2.24 bits per heavy atom. The SMILES string of the molecule is Cc1sc(=NC(=O)c2cccc(C(F)(F)F)c2)n(Cc2ccc(C(=O)NCc3ccc(F)cc3)cc2)c1C. The van der Waals surface area contributed by atoms with Gasteiger partial charge in [0, 0.05) is 28.2 Å². The summed E-state index contributed by atoms with van der Waals surface area (Å²) in [6.07, 6.45) is -4.56. The zero-order chi connectivity index (χ0) is 27.4. The van der Waals surface area contributed by atoms with Crippen LogP contribution in [0.4, 0.5) is 17.6 Å². The third-order valence-electron chi connectivity index (χ3n) is 5.95. The molecular formula is C28H23F4N3O2S. The summed E-state index contributed by atoms with van der Waals surface area (Å²) in [5, 5.41) is 2.79. The van der Waals surface area contributed by atoms with E-state index >= 15 is 0 Å². The Bertz CT molecular complexity index is 1540. The zero-order valence-electron chi connectivity index (χ0n) is 20.5. The fourth-order valence-electron chi connectivity index (χ4n) is 3.68. The predicted molar refractivity (Wildman–Crippen MR) is 136 cm³/mol. The second-order valence-electron chi connectivity index (χ2n) is 8.61. The first-order chi connectivity index (χ1) is 18.0. The van der Waals surface area contributed by atoms with Crippen LogP contribution < -0.4 is 10.1 Å². The fraction of sp³-hybridized carbons (Fsp3) is 0.179. The number of benzene rings is 3. The molecule has 10 heteroatoms. The Labute approximate surface area is 220 Å². The first-order valence-corrected chi connectivity index (χ1v) is 12.4. The highest BCUT2D eigenvalue weighted by atomic mass is 32.1. The van der Waals surface area contributed by atoms with E-state index < -0.39 is 17.6 Å². The van der Waals surface area contributed by atoms with Crippen molar-refractivity contribution in [2.75, 3.05) is 0 Å². The summed E-state index contributed by atoms with van der Waals surface area (Å²) in [6, 6.07) is 17.0. The number of rotatable bonds is 6. The van der Waals surface area contributed by atoms with Crippen molar-refractivity contribution in [3.8, 4) is 0 Å². The predicted octanol–water partition coefficient (Wildman–Crippen LogP) is 6.04. The molecule has 4 rings (SSSR count). The molecule has 0 fully saturated rings. The molecule has 0 aliphatic heterocycles. The smallest absolute Gasteiger partial charge is 0.348 e. The minimum Gasteiger partial charge on any atom is -0.348 e. The summed E-state index contributed by atoms with van der Waals surface area (Å²) in [4.78, 5) is 30.6. The van der Waals surface area contributed by atoms with Crippen molar-refractivity contribution < 1.29 is 27.2 Å². The quantitative estimate of drug-likeness (QED) is 0.303. The molecule has 1 aromatic heterocycles. The van der Waals surface area contributed by atoms with Crippen LogP contribution in [-0.2, 0) is 19.3 Å². The Kier molecular flexibility index (Phi) is 7.91. The number of hydrogen-bond acceptors (Lipinski definition) is 3. The van der Waals surface area contributed by atoms with Crippen molar-refractivity contribution in [2.45, 2.75) is 33.1 Å². The molecule has 3 aromatic carbocycles. The molecule has 5 nitrogen and oxygen atoms in total. The van der Waals surface area contributed by atoms with E-state index in [0.717, 1.165) is 33.8 Å². The van der Waals surface area contributed by atoms with Crippen molar-refractivity contribution in [3.63, 3.8) is 0 Å². The molecule has 0 bridgehead atoms. The summed E-state index contributed by atoms with van der Waals surface area (Å²) in [6.45, 7) is 4.35. The van der Waals surface area contributed by atoms with Crippen molar-refractivity contribution in [1.82, 2.24) is 9.88 Å². The summed E-state index contributed by atoms with van der Waals surface area (Å²) < 4.78 is 54.0. The number of carbonyl (C=O) groups excluding carboxylic acids is 2. The van der Waals surface area contributed by atoms with Gasteiger partial charge in [-0.25, -0.2) is 4.39 Å². The van der Waals surface area contributed by atoms with E-state index in [9.17, 15) is 27.2 Å².